The summed E-state index contributed by atoms with van der Waals surface area (Å²) in [5.41, 5.74) is 1.77. The predicted octanol–water partition coefficient (Wildman–Crippen LogP) is 2.69. The number of nitrogens with zero attached hydrogens (tertiary/aromatic N) is 1. The van der Waals surface area contributed by atoms with Crippen LogP contribution in [0.1, 0.15) is 31.0 Å². The van der Waals surface area contributed by atoms with E-state index in [9.17, 15) is 4.79 Å². The molecule has 0 saturated heterocycles. The lowest BCUT2D eigenvalue weighted by Gasteiger charge is -2.08. The maximum absolute atomic E-state index is 11.6. The van der Waals surface area contributed by atoms with Crippen molar-refractivity contribution in [3.63, 3.8) is 0 Å². The van der Waals surface area contributed by atoms with Gasteiger partial charge in [-0.05, 0) is 23.6 Å². The van der Waals surface area contributed by atoms with Gasteiger partial charge in [0, 0.05) is 5.39 Å². The van der Waals surface area contributed by atoms with Gasteiger partial charge >= 0.3 is 0 Å². The van der Waals surface area contributed by atoms with E-state index < -0.39 is 0 Å². The summed E-state index contributed by atoms with van der Waals surface area (Å²) in [6.07, 6.45) is 1.77. The molecule has 0 atom stereocenters. The molecule has 1 heterocycles. The lowest BCUT2D eigenvalue weighted by Crippen LogP contribution is -2.11. The average molecular weight is 214 g/mol. The maximum Gasteiger partial charge on any atom is 0.272 e. The van der Waals surface area contributed by atoms with Crippen LogP contribution in [0.4, 0.5) is 0 Å². The summed E-state index contributed by atoms with van der Waals surface area (Å²) in [5.74, 6) is 0.277. The van der Waals surface area contributed by atoms with Crippen LogP contribution in [0.5, 0.6) is 0 Å². The molecule has 0 aliphatic carbocycles. The number of benzene rings is 1. The zero-order chi connectivity index (χ0) is 11.7. The second-order valence-corrected chi connectivity index (χ2v) is 4.10. The quantitative estimate of drug-likeness (QED) is 0.835. The van der Waals surface area contributed by atoms with Crippen molar-refractivity contribution in [3.8, 4) is 0 Å². The van der Waals surface area contributed by atoms with Crippen molar-refractivity contribution in [2.24, 2.45) is 0 Å². The van der Waals surface area contributed by atoms with Gasteiger partial charge in [-0.25, -0.2) is 5.10 Å². The maximum atomic E-state index is 11.6. The molecule has 2 rings (SSSR count). The van der Waals surface area contributed by atoms with Crippen molar-refractivity contribution in [1.82, 2.24) is 10.2 Å². The molecule has 1 aromatic heterocycles. The number of aromatic nitrogens is 2. The van der Waals surface area contributed by atoms with E-state index in [-0.39, 0.29) is 11.5 Å². The Labute approximate surface area is 93.8 Å². The van der Waals surface area contributed by atoms with Crippen molar-refractivity contribution < 1.29 is 0 Å². The fourth-order valence-electron chi connectivity index (χ4n) is 1.77. The topological polar surface area (TPSA) is 45.8 Å². The molecule has 1 aromatic carbocycles. The number of rotatable bonds is 2. The second kappa shape index (κ2) is 3.93. The Bertz CT molecular complexity index is 596. The normalized spacial score (nSPS) is 10.9. The molecule has 82 valence electrons. The van der Waals surface area contributed by atoms with Crippen LogP contribution in [0.3, 0.4) is 0 Å². The molecular formula is C13H14N2O. The lowest BCUT2D eigenvalue weighted by atomic mass is 10.0. The summed E-state index contributed by atoms with van der Waals surface area (Å²) in [6.45, 7) is 7.84. The Hall–Kier alpha value is -1.90. The molecule has 0 fully saturated rings. The van der Waals surface area contributed by atoms with Gasteiger partial charge in [0.2, 0.25) is 0 Å². The van der Waals surface area contributed by atoms with Gasteiger partial charge in [0.05, 0.1) is 11.1 Å². The molecule has 0 bridgehead atoms. The Morgan fingerprint density at radius 1 is 1.38 bits per heavy atom. The van der Waals surface area contributed by atoms with Crippen LogP contribution in [0, 0.1) is 0 Å². The fourth-order valence-corrected chi connectivity index (χ4v) is 1.77. The van der Waals surface area contributed by atoms with Crippen LogP contribution in [-0.2, 0) is 0 Å². The first-order valence-corrected chi connectivity index (χ1v) is 5.28. The van der Waals surface area contributed by atoms with Gasteiger partial charge in [0.25, 0.3) is 5.56 Å². The fraction of sp³-hybridized carbons (Fsp3) is 0.231. The molecule has 3 heteroatoms. The van der Waals surface area contributed by atoms with Gasteiger partial charge in [0.1, 0.15) is 0 Å². The SMILES string of the molecule is C=Cc1ccc2c(=O)[nH]nc(C(C)C)c2c1. The largest absolute Gasteiger partial charge is 0.272 e. The Morgan fingerprint density at radius 3 is 2.75 bits per heavy atom. The minimum absolute atomic E-state index is 0.144. The summed E-state index contributed by atoms with van der Waals surface area (Å²) >= 11 is 0. The van der Waals surface area contributed by atoms with Gasteiger partial charge < -0.3 is 0 Å². The number of hydrogen-bond donors (Lipinski definition) is 1. The third-order valence-corrected chi connectivity index (χ3v) is 2.62. The first-order valence-electron chi connectivity index (χ1n) is 5.28. The van der Waals surface area contributed by atoms with Crippen molar-refractivity contribution in [2.75, 3.05) is 0 Å². The van der Waals surface area contributed by atoms with Crippen LogP contribution in [0.25, 0.3) is 16.8 Å². The highest BCUT2D eigenvalue weighted by molar-refractivity contribution is 5.86. The molecule has 1 N–H and O–H groups in total. The van der Waals surface area contributed by atoms with Crippen molar-refractivity contribution in [1.29, 1.82) is 0 Å². The third-order valence-electron chi connectivity index (χ3n) is 2.62. The predicted molar refractivity (Wildman–Crippen MR) is 66.5 cm³/mol. The van der Waals surface area contributed by atoms with E-state index in [0.717, 1.165) is 16.6 Å². The number of nitrogens with one attached hydrogen (secondary N) is 1. The molecule has 0 unspecified atom stereocenters. The van der Waals surface area contributed by atoms with Crippen molar-refractivity contribution in [2.45, 2.75) is 19.8 Å². The molecule has 0 amide bonds. The number of aromatic amines is 1. The first-order chi connectivity index (χ1) is 7.63. The van der Waals surface area contributed by atoms with Crippen LogP contribution in [0.2, 0.25) is 0 Å². The van der Waals surface area contributed by atoms with E-state index in [4.69, 9.17) is 0 Å². The van der Waals surface area contributed by atoms with Crippen molar-refractivity contribution in [3.05, 3.63) is 46.4 Å². The lowest BCUT2D eigenvalue weighted by molar-refractivity contribution is 0.792. The Kier molecular flexibility index (Phi) is 2.60. The van der Waals surface area contributed by atoms with Gasteiger partial charge in [0.15, 0.2) is 0 Å². The summed E-state index contributed by atoms with van der Waals surface area (Å²) in [4.78, 5) is 11.6. The zero-order valence-corrected chi connectivity index (χ0v) is 9.45. The summed E-state index contributed by atoms with van der Waals surface area (Å²) in [5, 5.41) is 8.24. The molecule has 2 aromatic rings. The van der Waals surface area contributed by atoms with E-state index in [1.165, 1.54) is 0 Å². The highest BCUT2D eigenvalue weighted by Gasteiger charge is 2.09. The minimum atomic E-state index is -0.144. The molecule has 0 aliphatic rings. The van der Waals surface area contributed by atoms with E-state index in [1.807, 2.05) is 18.2 Å². The molecule has 16 heavy (non-hydrogen) atoms. The van der Waals surface area contributed by atoms with Gasteiger partial charge in [-0.2, -0.15) is 5.10 Å². The number of fused-ring (bicyclic) bond motifs is 1. The Balaban J connectivity index is 2.88. The van der Waals surface area contributed by atoms with Gasteiger partial charge in [-0.3, -0.25) is 4.79 Å². The molecule has 3 nitrogen and oxygen atoms in total. The van der Waals surface area contributed by atoms with E-state index in [0.29, 0.717) is 5.39 Å². The average Bonchev–Trinajstić information content (AvgIpc) is 2.28. The molecule has 0 aliphatic heterocycles. The van der Waals surface area contributed by atoms with Crippen LogP contribution in [0.15, 0.2) is 29.6 Å². The number of hydrogen-bond acceptors (Lipinski definition) is 2. The molecular weight excluding hydrogens is 200 g/mol. The molecule has 0 spiro atoms. The van der Waals surface area contributed by atoms with E-state index in [2.05, 4.69) is 30.6 Å². The molecule has 0 radical (unpaired) electrons. The zero-order valence-electron chi connectivity index (χ0n) is 9.45. The van der Waals surface area contributed by atoms with Crippen LogP contribution < -0.4 is 5.56 Å². The number of H-pyrrole nitrogens is 1. The summed E-state index contributed by atoms with van der Waals surface area (Å²) in [6, 6.07) is 5.66. The van der Waals surface area contributed by atoms with Gasteiger partial charge in [-0.1, -0.05) is 32.6 Å². The minimum Gasteiger partial charge on any atom is -0.267 e. The second-order valence-electron chi connectivity index (χ2n) is 4.10. The van der Waals surface area contributed by atoms with Crippen molar-refractivity contribution >= 4 is 16.8 Å². The third kappa shape index (κ3) is 1.65. The van der Waals surface area contributed by atoms with Crippen LogP contribution >= 0.6 is 0 Å². The summed E-state index contributed by atoms with van der Waals surface area (Å²) in [7, 11) is 0. The monoisotopic (exact) mass is 214 g/mol. The van der Waals surface area contributed by atoms with Crippen LogP contribution in [-0.4, -0.2) is 10.2 Å². The smallest absolute Gasteiger partial charge is 0.267 e. The molecule has 0 saturated carbocycles. The van der Waals surface area contributed by atoms with E-state index >= 15 is 0 Å². The summed E-state index contributed by atoms with van der Waals surface area (Å²) < 4.78 is 0. The first kappa shape index (κ1) is 10.6. The Morgan fingerprint density at radius 2 is 2.12 bits per heavy atom. The highest BCUT2D eigenvalue weighted by atomic mass is 16.1. The van der Waals surface area contributed by atoms with E-state index in [1.54, 1.807) is 6.08 Å². The highest BCUT2D eigenvalue weighted by Crippen LogP contribution is 2.21. The van der Waals surface area contributed by atoms with Gasteiger partial charge in [-0.15, -0.1) is 0 Å². The standard InChI is InChI=1S/C13H14N2O/c1-4-9-5-6-10-11(7-9)12(8(2)3)14-15-13(10)16/h4-8H,1H2,2-3H3,(H,15,16).